The molecule has 4 rings (SSSR count). The molecule has 1 N–H and O–H groups in total. The Hall–Kier alpha value is -2.99. The fourth-order valence-electron chi connectivity index (χ4n) is 4.25. The first-order chi connectivity index (χ1) is 15.0. The molecule has 1 amide bonds. The van der Waals surface area contributed by atoms with E-state index in [1.165, 1.54) is 16.7 Å². The van der Waals surface area contributed by atoms with Crippen LogP contribution in [0.2, 0.25) is 0 Å². The molecule has 2 aromatic carbocycles. The normalized spacial score (nSPS) is 16.2. The zero-order valence-corrected chi connectivity index (χ0v) is 18.5. The summed E-state index contributed by atoms with van der Waals surface area (Å²) in [5, 5.41) is 7.33. The van der Waals surface area contributed by atoms with E-state index in [2.05, 4.69) is 52.4 Å². The Balaban J connectivity index is 1.28. The summed E-state index contributed by atoms with van der Waals surface area (Å²) >= 11 is 0. The molecule has 162 valence electrons. The third kappa shape index (κ3) is 5.20. The number of hydrogen-bond donors (Lipinski definition) is 1. The topological polar surface area (TPSA) is 71.3 Å². The van der Waals surface area contributed by atoms with E-state index in [1.54, 1.807) is 0 Å². The smallest absolute Gasteiger partial charge is 0.241 e. The maximum Gasteiger partial charge on any atom is 0.241 e. The van der Waals surface area contributed by atoms with E-state index >= 15 is 0 Å². The number of benzene rings is 2. The van der Waals surface area contributed by atoms with Crippen LogP contribution in [-0.4, -0.2) is 34.0 Å². The Kier molecular flexibility index (Phi) is 6.47. The molecule has 31 heavy (non-hydrogen) atoms. The van der Waals surface area contributed by atoms with Crippen molar-refractivity contribution in [2.45, 2.75) is 46.2 Å². The van der Waals surface area contributed by atoms with E-state index < -0.39 is 0 Å². The first kappa shape index (κ1) is 21.2. The number of nitrogens with zero attached hydrogens (tertiary/aromatic N) is 3. The van der Waals surface area contributed by atoms with Crippen LogP contribution in [0.1, 0.15) is 48.4 Å². The molecule has 0 aliphatic carbocycles. The van der Waals surface area contributed by atoms with Crippen molar-refractivity contribution >= 4 is 5.91 Å². The monoisotopic (exact) mass is 418 g/mol. The lowest BCUT2D eigenvalue weighted by Crippen LogP contribution is -2.41. The molecule has 1 aromatic heterocycles. The molecule has 0 saturated carbocycles. The fourth-order valence-corrected chi connectivity index (χ4v) is 4.25. The molecule has 0 radical (unpaired) electrons. The van der Waals surface area contributed by atoms with Crippen molar-refractivity contribution in [1.82, 2.24) is 20.4 Å². The van der Waals surface area contributed by atoms with Gasteiger partial charge in [0.15, 0.2) is 0 Å². The van der Waals surface area contributed by atoms with Crippen molar-refractivity contribution in [3.63, 3.8) is 0 Å². The molecule has 1 unspecified atom stereocenters. The minimum absolute atomic E-state index is 0.0187. The number of likely N-dealkylation sites (tertiary alicyclic amines) is 1. The minimum atomic E-state index is 0.0187. The number of aromatic nitrogens is 2. The average Bonchev–Trinajstić information content (AvgIpc) is 3.23. The summed E-state index contributed by atoms with van der Waals surface area (Å²) in [5.41, 5.74) is 4.51. The summed E-state index contributed by atoms with van der Waals surface area (Å²) < 4.78 is 5.47. The predicted octanol–water partition coefficient (Wildman–Crippen LogP) is 4.44. The van der Waals surface area contributed by atoms with Gasteiger partial charge in [-0.1, -0.05) is 53.2 Å². The molecular weight excluding hydrogens is 388 g/mol. The second-order valence-corrected chi connectivity index (χ2v) is 8.52. The average molecular weight is 419 g/mol. The molecule has 1 atom stereocenters. The predicted molar refractivity (Wildman–Crippen MR) is 120 cm³/mol. The summed E-state index contributed by atoms with van der Waals surface area (Å²) in [4.78, 5) is 19.6. The molecule has 1 aliphatic heterocycles. The van der Waals surface area contributed by atoms with Crippen molar-refractivity contribution in [1.29, 1.82) is 0 Å². The van der Waals surface area contributed by atoms with Gasteiger partial charge in [-0.15, -0.1) is 0 Å². The molecule has 2 heterocycles. The highest BCUT2D eigenvalue weighted by Gasteiger charge is 2.27. The van der Waals surface area contributed by atoms with Gasteiger partial charge in [0, 0.05) is 11.5 Å². The Morgan fingerprint density at radius 2 is 1.94 bits per heavy atom. The molecule has 1 fully saturated rings. The van der Waals surface area contributed by atoms with Crippen LogP contribution in [-0.2, 0) is 11.3 Å². The van der Waals surface area contributed by atoms with Gasteiger partial charge in [-0.3, -0.25) is 9.69 Å². The van der Waals surface area contributed by atoms with Gasteiger partial charge in [-0.2, -0.15) is 4.98 Å². The van der Waals surface area contributed by atoms with Crippen molar-refractivity contribution in [2.75, 3.05) is 13.1 Å². The van der Waals surface area contributed by atoms with Gasteiger partial charge in [-0.25, -0.2) is 0 Å². The quantitative estimate of drug-likeness (QED) is 0.641. The lowest BCUT2D eigenvalue weighted by Gasteiger charge is -2.31. The second-order valence-electron chi connectivity index (χ2n) is 8.52. The van der Waals surface area contributed by atoms with Gasteiger partial charge in [0.2, 0.25) is 17.6 Å². The number of nitrogens with one attached hydrogen (secondary N) is 1. The van der Waals surface area contributed by atoms with Crippen LogP contribution in [0.3, 0.4) is 0 Å². The third-order valence-corrected chi connectivity index (χ3v) is 6.08. The van der Waals surface area contributed by atoms with E-state index in [0.29, 0.717) is 18.3 Å². The third-order valence-electron chi connectivity index (χ3n) is 6.08. The number of amides is 1. The van der Waals surface area contributed by atoms with Crippen molar-refractivity contribution in [3.8, 4) is 11.4 Å². The molecule has 0 bridgehead atoms. The van der Waals surface area contributed by atoms with E-state index in [9.17, 15) is 4.79 Å². The number of aryl methyl sites for hydroxylation is 2. The molecule has 6 nitrogen and oxygen atoms in total. The van der Waals surface area contributed by atoms with Crippen molar-refractivity contribution in [3.05, 3.63) is 71.1 Å². The second kappa shape index (κ2) is 9.43. The maximum absolute atomic E-state index is 12.8. The van der Waals surface area contributed by atoms with Gasteiger partial charge in [0.1, 0.15) is 0 Å². The Bertz CT molecular complexity index is 1040. The lowest BCUT2D eigenvalue weighted by atomic mass is 9.94. The van der Waals surface area contributed by atoms with Crippen LogP contribution in [0.4, 0.5) is 0 Å². The highest BCUT2D eigenvalue weighted by atomic mass is 16.5. The number of carbonyl (C=O) groups excluding carboxylic acids is 1. The van der Waals surface area contributed by atoms with Crippen LogP contribution in [0.5, 0.6) is 0 Å². The highest BCUT2D eigenvalue weighted by Crippen LogP contribution is 2.23. The summed E-state index contributed by atoms with van der Waals surface area (Å²) in [7, 11) is 0. The Labute approximate surface area is 183 Å². The first-order valence-electron chi connectivity index (χ1n) is 11.0. The largest absolute Gasteiger partial charge is 0.349 e. The number of piperidine rings is 1. The SMILES string of the molecule is Cc1cccc(-c2noc(CN3CCC(C(=O)NC(C)c4ccccc4C)CC3)n2)c1. The van der Waals surface area contributed by atoms with Crippen LogP contribution in [0.25, 0.3) is 11.4 Å². The van der Waals surface area contributed by atoms with Crippen LogP contribution in [0, 0.1) is 19.8 Å². The zero-order valence-electron chi connectivity index (χ0n) is 18.5. The molecule has 1 saturated heterocycles. The van der Waals surface area contributed by atoms with E-state index in [0.717, 1.165) is 31.5 Å². The maximum atomic E-state index is 12.8. The lowest BCUT2D eigenvalue weighted by molar-refractivity contribution is -0.127. The Morgan fingerprint density at radius 3 is 2.68 bits per heavy atom. The minimum Gasteiger partial charge on any atom is -0.349 e. The van der Waals surface area contributed by atoms with Crippen LogP contribution < -0.4 is 5.32 Å². The standard InChI is InChI=1S/C25H30N4O2/c1-17-7-6-9-21(15-17)24-27-23(31-28-24)16-29-13-11-20(12-14-29)25(30)26-19(3)22-10-5-4-8-18(22)2/h4-10,15,19-20H,11-14,16H2,1-3H3,(H,26,30). The number of rotatable bonds is 6. The van der Waals surface area contributed by atoms with Gasteiger partial charge in [0.25, 0.3) is 0 Å². The van der Waals surface area contributed by atoms with Crippen molar-refractivity contribution < 1.29 is 9.32 Å². The summed E-state index contributed by atoms with van der Waals surface area (Å²) in [6.45, 7) is 8.49. The van der Waals surface area contributed by atoms with Crippen LogP contribution in [0.15, 0.2) is 53.1 Å². The fraction of sp³-hybridized carbons (Fsp3) is 0.400. The summed E-state index contributed by atoms with van der Waals surface area (Å²) in [6.07, 6.45) is 1.68. The van der Waals surface area contributed by atoms with Crippen molar-refractivity contribution in [2.24, 2.45) is 5.92 Å². The van der Waals surface area contributed by atoms with Gasteiger partial charge in [0.05, 0.1) is 12.6 Å². The molecule has 3 aromatic rings. The van der Waals surface area contributed by atoms with Gasteiger partial charge < -0.3 is 9.84 Å². The molecule has 6 heteroatoms. The first-order valence-corrected chi connectivity index (χ1v) is 11.0. The molecule has 0 spiro atoms. The zero-order chi connectivity index (χ0) is 21.8. The van der Waals surface area contributed by atoms with Gasteiger partial charge >= 0.3 is 0 Å². The van der Waals surface area contributed by atoms with E-state index in [-0.39, 0.29) is 17.9 Å². The number of hydrogen-bond acceptors (Lipinski definition) is 5. The van der Waals surface area contributed by atoms with E-state index in [4.69, 9.17) is 4.52 Å². The summed E-state index contributed by atoms with van der Waals surface area (Å²) in [5.74, 6) is 1.44. The molecule has 1 aliphatic rings. The summed E-state index contributed by atoms with van der Waals surface area (Å²) in [6, 6.07) is 16.3. The van der Waals surface area contributed by atoms with Crippen LogP contribution >= 0.6 is 0 Å². The number of carbonyl (C=O) groups is 1. The van der Waals surface area contributed by atoms with E-state index in [1.807, 2.05) is 37.3 Å². The Morgan fingerprint density at radius 1 is 1.16 bits per heavy atom. The van der Waals surface area contributed by atoms with Gasteiger partial charge in [-0.05, 0) is 63.9 Å². The molecular formula is C25H30N4O2. The highest BCUT2D eigenvalue weighted by molar-refractivity contribution is 5.79.